The van der Waals surface area contributed by atoms with Gasteiger partial charge in [0, 0.05) is 6.54 Å². The third kappa shape index (κ3) is 4.95. The van der Waals surface area contributed by atoms with Gasteiger partial charge in [0.15, 0.2) is 0 Å². The second-order valence-electron chi connectivity index (χ2n) is 4.84. The normalized spacial score (nSPS) is 26.7. The molecule has 0 aromatic carbocycles. The summed E-state index contributed by atoms with van der Waals surface area (Å²) in [5.74, 6) is 0.945. The fraction of sp³-hybridized carbons (Fsp3) is 1.00. The fourth-order valence-electron chi connectivity index (χ4n) is 1.58. The van der Waals surface area contributed by atoms with Crippen molar-refractivity contribution in [3.05, 3.63) is 0 Å². The maximum absolute atomic E-state index is 11.5. The summed E-state index contributed by atoms with van der Waals surface area (Å²) < 4.78 is 25.6. The van der Waals surface area contributed by atoms with Crippen LogP contribution in [0.25, 0.3) is 0 Å². The van der Waals surface area contributed by atoms with Gasteiger partial charge < -0.3 is 5.11 Å². The van der Waals surface area contributed by atoms with Gasteiger partial charge in [0.25, 0.3) is 0 Å². The van der Waals surface area contributed by atoms with Crippen LogP contribution in [-0.4, -0.2) is 31.9 Å². The van der Waals surface area contributed by atoms with Crippen LogP contribution in [0.1, 0.15) is 33.1 Å². The molecule has 1 rings (SSSR count). The Morgan fingerprint density at radius 2 is 2.00 bits per heavy atom. The van der Waals surface area contributed by atoms with E-state index >= 15 is 0 Å². The van der Waals surface area contributed by atoms with Crippen molar-refractivity contribution in [3.63, 3.8) is 0 Å². The summed E-state index contributed by atoms with van der Waals surface area (Å²) in [4.78, 5) is 0. The van der Waals surface area contributed by atoms with Crippen LogP contribution < -0.4 is 4.72 Å². The zero-order chi connectivity index (χ0) is 11.5. The van der Waals surface area contributed by atoms with Gasteiger partial charge in [-0.3, -0.25) is 0 Å². The number of rotatable bonds is 6. The van der Waals surface area contributed by atoms with E-state index in [1.165, 1.54) is 0 Å². The van der Waals surface area contributed by atoms with Gasteiger partial charge >= 0.3 is 0 Å². The van der Waals surface area contributed by atoms with Gasteiger partial charge in [-0.1, -0.05) is 13.8 Å². The molecule has 5 heteroatoms. The largest absolute Gasteiger partial charge is 0.393 e. The van der Waals surface area contributed by atoms with E-state index in [1.54, 1.807) is 0 Å². The summed E-state index contributed by atoms with van der Waals surface area (Å²) in [6.45, 7) is 4.51. The van der Waals surface area contributed by atoms with E-state index in [0.717, 1.165) is 12.8 Å². The first-order valence-corrected chi connectivity index (χ1v) is 7.19. The monoisotopic (exact) mass is 235 g/mol. The van der Waals surface area contributed by atoms with Crippen LogP contribution in [0.2, 0.25) is 0 Å². The number of aliphatic hydroxyl groups excluding tert-OH is 1. The van der Waals surface area contributed by atoms with Gasteiger partial charge in [0.05, 0.1) is 11.9 Å². The van der Waals surface area contributed by atoms with Crippen molar-refractivity contribution in [2.75, 3.05) is 12.3 Å². The molecule has 0 bridgehead atoms. The number of hydrogen-bond acceptors (Lipinski definition) is 3. The standard InChI is InChI=1S/C10H21NO3S/c1-8(2)3-4-15(13,14)11-7-9-5-10(12)6-9/h8-12H,3-7H2,1-2H3. The molecule has 1 aliphatic rings. The minimum absolute atomic E-state index is 0.208. The van der Waals surface area contributed by atoms with Crippen LogP contribution in [0.15, 0.2) is 0 Å². The highest BCUT2D eigenvalue weighted by Gasteiger charge is 2.27. The molecule has 1 fully saturated rings. The lowest BCUT2D eigenvalue weighted by Gasteiger charge is -2.31. The first-order chi connectivity index (χ1) is 6.89. The molecule has 0 aromatic heterocycles. The Hall–Kier alpha value is -0.130. The smallest absolute Gasteiger partial charge is 0.211 e. The molecule has 0 amide bonds. The lowest BCUT2D eigenvalue weighted by Crippen LogP contribution is -2.39. The predicted octanol–water partition coefficient (Wildman–Crippen LogP) is 0.723. The predicted molar refractivity (Wildman–Crippen MR) is 60.0 cm³/mol. The number of nitrogens with one attached hydrogen (secondary N) is 1. The molecule has 0 saturated heterocycles. The second-order valence-corrected chi connectivity index (χ2v) is 6.77. The summed E-state index contributed by atoms with van der Waals surface area (Å²) in [6, 6.07) is 0. The minimum atomic E-state index is -3.10. The summed E-state index contributed by atoms with van der Waals surface area (Å²) in [6.07, 6.45) is 1.94. The molecule has 0 heterocycles. The Morgan fingerprint density at radius 1 is 1.40 bits per heavy atom. The lowest BCUT2D eigenvalue weighted by molar-refractivity contribution is 0.0453. The van der Waals surface area contributed by atoms with Crippen LogP contribution in [0.4, 0.5) is 0 Å². The molecule has 15 heavy (non-hydrogen) atoms. The number of sulfonamides is 1. The third-order valence-electron chi connectivity index (χ3n) is 2.77. The van der Waals surface area contributed by atoms with E-state index < -0.39 is 10.0 Å². The summed E-state index contributed by atoms with van der Waals surface area (Å²) in [7, 11) is -3.10. The molecule has 0 aliphatic heterocycles. The van der Waals surface area contributed by atoms with Crippen LogP contribution in [0.5, 0.6) is 0 Å². The van der Waals surface area contributed by atoms with Gasteiger partial charge in [0.1, 0.15) is 0 Å². The molecule has 0 radical (unpaired) electrons. The zero-order valence-corrected chi connectivity index (χ0v) is 10.3. The van der Waals surface area contributed by atoms with Crippen molar-refractivity contribution in [2.45, 2.75) is 39.2 Å². The average molecular weight is 235 g/mol. The third-order valence-corrected chi connectivity index (χ3v) is 4.15. The molecule has 4 nitrogen and oxygen atoms in total. The Labute approximate surface area is 92.1 Å². The minimum Gasteiger partial charge on any atom is -0.393 e. The Bertz CT molecular complexity index is 281. The van der Waals surface area contributed by atoms with E-state index in [0.29, 0.717) is 24.8 Å². The van der Waals surface area contributed by atoms with Gasteiger partial charge in [-0.25, -0.2) is 13.1 Å². The molecule has 0 aromatic rings. The quantitative estimate of drug-likeness (QED) is 0.713. The summed E-state index contributed by atoms with van der Waals surface area (Å²) in [5.41, 5.74) is 0. The van der Waals surface area contributed by atoms with Gasteiger partial charge in [-0.15, -0.1) is 0 Å². The van der Waals surface area contributed by atoms with Crippen LogP contribution in [0.3, 0.4) is 0 Å². The highest BCUT2D eigenvalue weighted by Crippen LogP contribution is 2.26. The zero-order valence-electron chi connectivity index (χ0n) is 9.44. The van der Waals surface area contributed by atoms with Crippen molar-refractivity contribution >= 4 is 10.0 Å². The van der Waals surface area contributed by atoms with Crippen molar-refractivity contribution in [1.29, 1.82) is 0 Å². The Morgan fingerprint density at radius 3 is 2.47 bits per heavy atom. The summed E-state index contributed by atoms with van der Waals surface area (Å²) >= 11 is 0. The van der Waals surface area contributed by atoms with Gasteiger partial charge in [-0.05, 0) is 31.1 Å². The van der Waals surface area contributed by atoms with Crippen LogP contribution in [-0.2, 0) is 10.0 Å². The van der Waals surface area contributed by atoms with Crippen LogP contribution >= 0.6 is 0 Å². The summed E-state index contributed by atoms with van der Waals surface area (Å²) in [5, 5.41) is 9.05. The Kier molecular flexibility index (Phi) is 4.55. The maximum atomic E-state index is 11.5. The molecule has 0 atom stereocenters. The molecule has 90 valence electrons. The SMILES string of the molecule is CC(C)CCS(=O)(=O)NCC1CC(O)C1. The number of aliphatic hydroxyl groups is 1. The average Bonchev–Trinajstić information content (AvgIpc) is 2.08. The second kappa shape index (κ2) is 5.27. The topological polar surface area (TPSA) is 66.4 Å². The van der Waals surface area contributed by atoms with Gasteiger partial charge in [0.2, 0.25) is 10.0 Å². The Balaban J connectivity index is 2.18. The van der Waals surface area contributed by atoms with E-state index in [9.17, 15) is 8.42 Å². The molecule has 1 aliphatic carbocycles. The molecule has 1 saturated carbocycles. The highest BCUT2D eigenvalue weighted by atomic mass is 32.2. The maximum Gasteiger partial charge on any atom is 0.211 e. The molecule has 0 unspecified atom stereocenters. The van der Waals surface area contributed by atoms with Gasteiger partial charge in [-0.2, -0.15) is 0 Å². The van der Waals surface area contributed by atoms with Crippen LogP contribution in [0, 0.1) is 11.8 Å². The molecule has 0 spiro atoms. The first kappa shape index (κ1) is 12.9. The van der Waals surface area contributed by atoms with E-state index in [1.807, 2.05) is 13.8 Å². The van der Waals surface area contributed by atoms with Crippen molar-refractivity contribution in [2.24, 2.45) is 11.8 Å². The highest BCUT2D eigenvalue weighted by molar-refractivity contribution is 7.89. The van der Waals surface area contributed by atoms with Crippen molar-refractivity contribution in [1.82, 2.24) is 4.72 Å². The van der Waals surface area contributed by atoms with E-state index in [-0.39, 0.29) is 11.9 Å². The van der Waals surface area contributed by atoms with Crippen molar-refractivity contribution < 1.29 is 13.5 Å². The van der Waals surface area contributed by atoms with E-state index in [2.05, 4.69) is 4.72 Å². The fourth-order valence-corrected chi connectivity index (χ4v) is 2.99. The van der Waals surface area contributed by atoms with E-state index in [4.69, 9.17) is 5.11 Å². The molecular formula is C10H21NO3S. The first-order valence-electron chi connectivity index (χ1n) is 5.54. The molecular weight excluding hydrogens is 214 g/mol. The van der Waals surface area contributed by atoms with Crippen molar-refractivity contribution in [3.8, 4) is 0 Å². The lowest BCUT2D eigenvalue weighted by atomic mass is 9.83. The molecule has 2 N–H and O–H groups in total. The number of hydrogen-bond donors (Lipinski definition) is 2.